The van der Waals surface area contributed by atoms with E-state index in [2.05, 4.69) is 27.7 Å². The Labute approximate surface area is 107 Å². The zero-order valence-electron chi connectivity index (χ0n) is 12.1. The van der Waals surface area contributed by atoms with Crippen LogP contribution in [0.3, 0.4) is 0 Å². The molecule has 3 atom stereocenters. The molecule has 0 aliphatic heterocycles. The summed E-state index contributed by atoms with van der Waals surface area (Å²) < 4.78 is 0. The van der Waals surface area contributed by atoms with Crippen molar-refractivity contribution in [2.24, 2.45) is 22.5 Å². The van der Waals surface area contributed by atoms with Crippen molar-refractivity contribution in [1.82, 2.24) is 0 Å². The van der Waals surface area contributed by atoms with Gasteiger partial charge in [0.15, 0.2) is 0 Å². The summed E-state index contributed by atoms with van der Waals surface area (Å²) in [5.41, 5.74) is 6.21. The lowest BCUT2D eigenvalue weighted by atomic mass is 9.64. The van der Waals surface area contributed by atoms with Crippen LogP contribution in [0.4, 0.5) is 0 Å². The average molecular weight is 241 g/mol. The van der Waals surface area contributed by atoms with E-state index in [1.807, 2.05) is 0 Å². The summed E-state index contributed by atoms with van der Waals surface area (Å²) in [6, 6.07) is 0. The van der Waals surface area contributed by atoms with Gasteiger partial charge in [-0.3, -0.25) is 0 Å². The van der Waals surface area contributed by atoms with Crippen molar-refractivity contribution in [2.45, 2.75) is 72.3 Å². The van der Waals surface area contributed by atoms with Gasteiger partial charge in [-0.1, -0.05) is 47.0 Å². The molecule has 2 nitrogen and oxygen atoms in total. The van der Waals surface area contributed by atoms with Crippen molar-refractivity contribution in [3.8, 4) is 0 Å². The van der Waals surface area contributed by atoms with Gasteiger partial charge in [-0.05, 0) is 42.6 Å². The Morgan fingerprint density at radius 2 is 2.06 bits per heavy atom. The second-order valence-corrected chi connectivity index (χ2v) is 7.16. The normalized spacial score (nSPS) is 32.5. The SMILES string of the molecule is CCC1CCCC(CN)(CC(O)C(C)(C)C)C1. The molecule has 0 heterocycles. The van der Waals surface area contributed by atoms with Crippen LogP contribution in [-0.4, -0.2) is 17.8 Å². The largest absolute Gasteiger partial charge is 0.393 e. The Hall–Kier alpha value is -0.0800. The van der Waals surface area contributed by atoms with Crippen LogP contribution >= 0.6 is 0 Å². The Balaban J connectivity index is 2.68. The van der Waals surface area contributed by atoms with E-state index in [0.29, 0.717) is 0 Å². The van der Waals surface area contributed by atoms with Crippen LogP contribution in [0.15, 0.2) is 0 Å². The molecule has 0 spiro atoms. The molecule has 0 aromatic carbocycles. The zero-order chi connectivity index (χ0) is 13.1. The van der Waals surface area contributed by atoms with Crippen LogP contribution in [0.5, 0.6) is 0 Å². The molecule has 1 saturated carbocycles. The molecule has 0 aromatic rings. The van der Waals surface area contributed by atoms with Crippen molar-refractivity contribution in [3.05, 3.63) is 0 Å². The molecule has 0 amide bonds. The van der Waals surface area contributed by atoms with Gasteiger partial charge in [-0.15, -0.1) is 0 Å². The second kappa shape index (κ2) is 5.71. The van der Waals surface area contributed by atoms with Gasteiger partial charge in [0.2, 0.25) is 0 Å². The van der Waals surface area contributed by atoms with Crippen LogP contribution in [0.25, 0.3) is 0 Å². The van der Waals surface area contributed by atoms with Crippen LogP contribution < -0.4 is 5.73 Å². The first-order valence-electron chi connectivity index (χ1n) is 7.21. The summed E-state index contributed by atoms with van der Waals surface area (Å²) in [5.74, 6) is 0.819. The van der Waals surface area contributed by atoms with E-state index >= 15 is 0 Å². The van der Waals surface area contributed by atoms with Crippen molar-refractivity contribution in [3.63, 3.8) is 0 Å². The Morgan fingerprint density at radius 1 is 1.41 bits per heavy atom. The molecule has 1 aliphatic rings. The van der Waals surface area contributed by atoms with Crippen molar-refractivity contribution < 1.29 is 5.11 Å². The summed E-state index contributed by atoms with van der Waals surface area (Å²) >= 11 is 0. The van der Waals surface area contributed by atoms with E-state index in [4.69, 9.17) is 5.73 Å². The average Bonchev–Trinajstić information content (AvgIpc) is 2.28. The lowest BCUT2D eigenvalue weighted by Gasteiger charge is -2.43. The minimum atomic E-state index is -0.235. The van der Waals surface area contributed by atoms with Gasteiger partial charge in [0.25, 0.3) is 0 Å². The first-order valence-corrected chi connectivity index (χ1v) is 7.21. The highest BCUT2D eigenvalue weighted by atomic mass is 16.3. The molecule has 2 heteroatoms. The third-order valence-electron chi connectivity index (χ3n) is 4.68. The molecular weight excluding hydrogens is 210 g/mol. The predicted octanol–water partition coefficient (Wildman–Crippen LogP) is 3.33. The highest BCUT2D eigenvalue weighted by molar-refractivity contribution is 4.91. The molecule has 0 radical (unpaired) electrons. The first-order chi connectivity index (χ1) is 7.83. The van der Waals surface area contributed by atoms with Crippen molar-refractivity contribution in [1.29, 1.82) is 0 Å². The minimum absolute atomic E-state index is 0.0265. The van der Waals surface area contributed by atoms with Gasteiger partial charge >= 0.3 is 0 Å². The molecule has 3 N–H and O–H groups in total. The van der Waals surface area contributed by atoms with Crippen molar-refractivity contribution in [2.75, 3.05) is 6.54 Å². The van der Waals surface area contributed by atoms with Gasteiger partial charge < -0.3 is 10.8 Å². The Bertz CT molecular complexity index is 234. The van der Waals surface area contributed by atoms with E-state index in [1.54, 1.807) is 0 Å². The smallest absolute Gasteiger partial charge is 0.0594 e. The summed E-state index contributed by atoms with van der Waals surface area (Å²) in [4.78, 5) is 0. The van der Waals surface area contributed by atoms with E-state index < -0.39 is 0 Å². The lowest BCUT2D eigenvalue weighted by Crippen LogP contribution is -2.41. The maximum absolute atomic E-state index is 10.3. The van der Waals surface area contributed by atoms with Crippen LogP contribution in [0.2, 0.25) is 0 Å². The van der Waals surface area contributed by atoms with E-state index in [-0.39, 0.29) is 16.9 Å². The van der Waals surface area contributed by atoms with Gasteiger partial charge in [0.1, 0.15) is 0 Å². The number of aliphatic hydroxyl groups is 1. The van der Waals surface area contributed by atoms with E-state index in [0.717, 1.165) is 18.9 Å². The number of nitrogens with two attached hydrogens (primary N) is 1. The summed E-state index contributed by atoms with van der Waals surface area (Å²) in [6.07, 6.45) is 6.95. The summed E-state index contributed by atoms with van der Waals surface area (Å²) in [7, 11) is 0. The lowest BCUT2D eigenvalue weighted by molar-refractivity contribution is -0.00337. The molecule has 1 fully saturated rings. The molecule has 3 unspecified atom stereocenters. The van der Waals surface area contributed by atoms with Crippen molar-refractivity contribution >= 4 is 0 Å². The van der Waals surface area contributed by atoms with E-state index in [9.17, 15) is 5.11 Å². The zero-order valence-corrected chi connectivity index (χ0v) is 12.1. The molecule has 102 valence electrons. The molecule has 1 rings (SSSR count). The number of rotatable bonds is 4. The predicted molar refractivity (Wildman–Crippen MR) is 73.8 cm³/mol. The van der Waals surface area contributed by atoms with Crippen LogP contribution in [0, 0.1) is 16.7 Å². The third kappa shape index (κ3) is 3.96. The third-order valence-corrected chi connectivity index (χ3v) is 4.68. The van der Waals surface area contributed by atoms with Gasteiger partial charge in [-0.25, -0.2) is 0 Å². The second-order valence-electron chi connectivity index (χ2n) is 7.16. The van der Waals surface area contributed by atoms with E-state index in [1.165, 1.54) is 32.1 Å². The fourth-order valence-corrected chi connectivity index (χ4v) is 3.10. The molecule has 17 heavy (non-hydrogen) atoms. The van der Waals surface area contributed by atoms with Crippen LogP contribution in [0.1, 0.15) is 66.2 Å². The minimum Gasteiger partial charge on any atom is -0.393 e. The first kappa shape index (κ1) is 15.0. The fraction of sp³-hybridized carbons (Fsp3) is 1.00. The highest BCUT2D eigenvalue weighted by Gasteiger charge is 2.38. The van der Waals surface area contributed by atoms with Gasteiger partial charge in [0.05, 0.1) is 6.10 Å². The highest BCUT2D eigenvalue weighted by Crippen LogP contribution is 2.45. The van der Waals surface area contributed by atoms with Gasteiger partial charge in [-0.2, -0.15) is 0 Å². The maximum Gasteiger partial charge on any atom is 0.0594 e. The number of hydrogen-bond donors (Lipinski definition) is 2. The molecule has 1 aliphatic carbocycles. The summed E-state index contributed by atoms with van der Waals surface area (Å²) in [6.45, 7) is 9.35. The number of hydrogen-bond acceptors (Lipinski definition) is 2. The topological polar surface area (TPSA) is 46.2 Å². The molecule has 0 bridgehead atoms. The fourth-order valence-electron chi connectivity index (χ4n) is 3.10. The standard InChI is InChI=1S/C15H31NO/c1-5-12-7-6-8-15(9-12,11-16)10-13(17)14(2,3)4/h12-13,17H,5-11,16H2,1-4H3. The monoisotopic (exact) mass is 241 g/mol. The quantitative estimate of drug-likeness (QED) is 0.793. The Morgan fingerprint density at radius 3 is 2.53 bits per heavy atom. The Kier molecular flexibility index (Phi) is 5.03. The van der Waals surface area contributed by atoms with Crippen LogP contribution in [-0.2, 0) is 0 Å². The molecule has 0 aromatic heterocycles. The van der Waals surface area contributed by atoms with Gasteiger partial charge in [0, 0.05) is 0 Å². The molecule has 0 saturated heterocycles. The molecular formula is C15H31NO. The number of aliphatic hydroxyl groups excluding tert-OH is 1. The summed E-state index contributed by atoms with van der Waals surface area (Å²) in [5, 5.41) is 10.3. The maximum atomic E-state index is 10.3.